The Morgan fingerprint density at radius 3 is 1.57 bits per heavy atom. The van der Waals surface area contributed by atoms with Gasteiger partial charge in [-0.2, -0.15) is 0 Å². The van der Waals surface area contributed by atoms with Crippen LogP contribution in [0.1, 0.15) is 6.42 Å². The van der Waals surface area contributed by atoms with E-state index in [-0.39, 0.29) is 0 Å². The first-order valence-electron chi connectivity index (χ1n) is 6.43. The molecule has 14 heavy (non-hydrogen) atoms. The molecule has 4 unspecified atom stereocenters. The van der Waals surface area contributed by atoms with Crippen LogP contribution in [0.2, 0.25) is 44.2 Å². The van der Waals surface area contributed by atoms with Crippen molar-refractivity contribution in [2.75, 3.05) is 6.61 Å². The molecule has 1 N–H and O–H groups in total. The topological polar surface area (TPSA) is 20.2 Å². The molecule has 10 aliphatic heterocycles. The van der Waals surface area contributed by atoms with E-state index in [1.54, 1.807) is 0 Å². The Morgan fingerprint density at radius 2 is 1.36 bits per heavy atom. The van der Waals surface area contributed by atoms with Gasteiger partial charge in [-0.25, -0.2) is 0 Å². The zero-order chi connectivity index (χ0) is 8.43. The molecule has 10 saturated heterocycles. The Kier molecular flexibility index (Phi) is 0.115. The summed E-state index contributed by atoms with van der Waals surface area (Å²) < 4.78 is 14.2. The number of fused-ring (bicyclic) bond motifs is 10. The first-order chi connectivity index (χ1) is 6.61. The summed E-state index contributed by atoms with van der Waals surface area (Å²) in [6.45, 7) is 0.552. The molecule has 1 nitrogen and oxygen atoms in total. The molecule has 0 aromatic rings. The van der Waals surface area contributed by atoms with Gasteiger partial charge in [-0.05, 0) is 0 Å². The molecule has 4 atom stereocenters. The molecular weight excluding hydrogens is 350 g/mol. The average Bonchev–Trinajstić information content (AvgIpc) is 3.14. The van der Waals surface area contributed by atoms with E-state index < -0.39 is 7.88 Å². The molecule has 0 saturated carbocycles. The number of rotatable bonds is 2. The van der Waals surface area contributed by atoms with Crippen molar-refractivity contribution in [2.24, 2.45) is 0 Å². The van der Waals surface area contributed by atoms with Gasteiger partial charge in [0.15, 0.2) is 0 Å². The molecular formula is C12H14OOs. The molecule has 76 valence electrons. The van der Waals surface area contributed by atoms with Gasteiger partial charge >= 0.3 is 70.2 Å². The van der Waals surface area contributed by atoms with Gasteiger partial charge in [0.2, 0.25) is 0 Å². The van der Waals surface area contributed by atoms with Crippen LogP contribution in [-0.4, -0.2) is 11.7 Å². The Hall–Kier alpha value is 0.596. The Labute approximate surface area is 70.3 Å². The summed E-state index contributed by atoms with van der Waals surface area (Å²) in [4.78, 5) is 0. The molecule has 0 aromatic heterocycles. The molecule has 0 aliphatic carbocycles. The van der Waals surface area contributed by atoms with Gasteiger partial charge in [0.1, 0.15) is 0 Å². The summed E-state index contributed by atoms with van der Waals surface area (Å²) in [7, 11) is -3.11. The molecule has 10 aliphatic rings. The molecule has 0 amide bonds. The van der Waals surface area contributed by atoms with Crippen molar-refractivity contribution < 1.29 is 13.0 Å². The Bertz CT molecular complexity index is 786. The summed E-state index contributed by atoms with van der Waals surface area (Å²) in [6.07, 6.45) is 1.32. The zero-order valence-electron chi connectivity index (χ0n) is 7.91. The van der Waals surface area contributed by atoms with Gasteiger partial charge in [-0.1, -0.05) is 0 Å². The molecule has 10 fully saturated rings. The maximum atomic E-state index is 9.44. The van der Waals surface area contributed by atoms with Gasteiger partial charge in [0.05, 0.1) is 0 Å². The molecule has 10 rings (SSSR count). The van der Waals surface area contributed by atoms with Crippen LogP contribution in [0.5, 0.6) is 0 Å². The molecule has 0 aromatic carbocycles. The van der Waals surface area contributed by atoms with Crippen molar-refractivity contribution in [3.8, 4) is 0 Å². The van der Waals surface area contributed by atoms with E-state index in [4.69, 9.17) is 0 Å². The number of aliphatic hydroxyl groups is 1. The van der Waals surface area contributed by atoms with Crippen molar-refractivity contribution in [3.63, 3.8) is 0 Å². The van der Waals surface area contributed by atoms with Gasteiger partial charge in [-0.3, -0.25) is 0 Å². The first-order valence-corrected chi connectivity index (χ1v) is 20.9. The van der Waals surface area contributed by atoms with E-state index in [1.807, 2.05) is 0 Å². The Morgan fingerprint density at radius 1 is 0.857 bits per heavy atom. The zero-order valence-corrected chi connectivity index (χ0v) is 10.5. The predicted octanol–water partition coefficient (Wildman–Crippen LogP) is 3.13. The maximum absolute atomic E-state index is 9.44. The van der Waals surface area contributed by atoms with Crippen LogP contribution in [0.15, 0.2) is 0 Å². The monoisotopic (exact) mass is 366 g/mol. The van der Waals surface area contributed by atoms with Crippen LogP contribution >= 0.6 is 0 Å². The van der Waals surface area contributed by atoms with Crippen LogP contribution in [-0.2, 0) is 7.88 Å². The summed E-state index contributed by atoms with van der Waals surface area (Å²) in [5, 5.41) is 9.44. The van der Waals surface area contributed by atoms with E-state index in [0.29, 0.717) is 6.61 Å². The minimum atomic E-state index is -3.11. The third-order valence-corrected chi connectivity index (χ3v) is 115. The fraction of sp³-hybridized carbons (Fsp3) is 1.00. The van der Waals surface area contributed by atoms with Crippen LogP contribution in [0.4, 0.5) is 0 Å². The molecule has 10 heterocycles. The van der Waals surface area contributed by atoms with Gasteiger partial charge < -0.3 is 0 Å². The second kappa shape index (κ2) is 0.332. The number of hydrogen-bond acceptors (Lipinski definition) is 1. The summed E-state index contributed by atoms with van der Waals surface area (Å²) >= 11 is 0. The third-order valence-electron chi connectivity index (χ3n) is 15.5. The summed E-state index contributed by atoms with van der Waals surface area (Å²) in [6, 6.07) is 0. The van der Waals surface area contributed by atoms with Crippen LogP contribution < -0.4 is 0 Å². The van der Waals surface area contributed by atoms with E-state index in [0.717, 1.165) is 3.97 Å². The third kappa shape index (κ3) is 0.0358. The summed E-state index contributed by atoms with van der Waals surface area (Å²) in [5.41, 5.74) is 0. The second-order valence-corrected chi connectivity index (χ2v) is 64.8. The first kappa shape index (κ1) is 4.85. The van der Waals surface area contributed by atoms with Crippen molar-refractivity contribution in [2.45, 2.75) is 50.6 Å². The minimum absolute atomic E-state index is 0.552. The van der Waals surface area contributed by atoms with Gasteiger partial charge in [0.25, 0.3) is 0 Å². The normalized spacial score (nSPS) is 142. The van der Waals surface area contributed by atoms with Crippen molar-refractivity contribution in [1.29, 1.82) is 0 Å². The Balaban J connectivity index is 1.85. The van der Waals surface area contributed by atoms with Gasteiger partial charge in [0, 0.05) is 0 Å². The molecule has 1 spiro atoms. The van der Waals surface area contributed by atoms with Crippen LogP contribution in [0.3, 0.4) is 0 Å². The van der Waals surface area contributed by atoms with Gasteiger partial charge in [-0.15, -0.1) is 0 Å². The number of aliphatic hydroxyl groups excluding tert-OH is 1. The SMILES string of the molecule is OCC[C]12[CH]3[CH]4[CH]5[CH]1[Os]45321678[CH]2[CH]1[CH]6[CH]7[CH]28. The fourth-order valence-corrected chi connectivity index (χ4v) is 245. The van der Waals surface area contributed by atoms with E-state index in [9.17, 15) is 5.11 Å². The van der Waals surface area contributed by atoms with E-state index in [2.05, 4.69) is 0 Å². The fourth-order valence-electron chi connectivity index (χ4n) is 17.5. The van der Waals surface area contributed by atoms with Crippen molar-refractivity contribution >= 4 is 0 Å². The average molecular weight is 364 g/mol. The standard InChI is InChI=1S/C7H9O.C5H5.Os/c8-6-5-7-3-1-2-4-7;1-2-4-5-3-1;/h1-4,8H,5-6H2;1-5H;. The van der Waals surface area contributed by atoms with E-state index in [1.165, 1.54) is 46.7 Å². The van der Waals surface area contributed by atoms with Crippen LogP contribution in [0, 0.1) is 0 Å². The van der Waals surface area contributed by atoms with E-state index >= 15 is 0 Å². The number of hydrogen-bond donors (Lipinski definition) is 1. The second-order valence-electron chi connectivity index (χ2n) is 10.3. The molecule has 0 radical (unpaired) electrons. The molecule has 0 bridgehead atoms. The predicted molar refractivity (Wildman–Crippen MR) is 48.1 cm³/mol. The van der Waals surface area contributed by atoms with Crippen molar-refractivity contribution in [1.82, 2.24) is 0 Å². The summed E-state index contributed by atoms with van der Waals surface area (Å²) in [5.74, 6) is 0. The van der Waals surface area contributed by atoms with Crippen LogP contribution in [0.25, 0.3) is 0 Å². The quantitative estimate of drug-likeness (QED) is 0.798. The van der Waals surface area contributed by atoms with Crippen molar-refractivity contribution in [3.05, 3.63) is 0 Å². The molecule has 2 heteroatoms.